The van der Waals surface area contributed by atoms with Crippen LogP contribution in [0.1, 0.15) is 26.7 Å². The van der Waals surface area contributed by atoms with Crippen LogP contribution in [0.25, 0.3) is 0 Å². The highest BCUT2D eigenvalue weighted by atomic mass is 16.1. The predicted octanol–water partition coefficient (Wildman–Crippen LogP) is 1.24. The van der Waals surface area contributed by atoms with Gasteiger partial charge in [0.25, 0.3) is 0 Å². The molecule has 1 saturated heterocycles. The minimum Gasteiger partial charge on any atom is -0.305 e. The van der Waals surface area contributed by atoms with Crippen molar-refractivity contribution in [3.63, 3.8) is 0 Å². The van der Waals surface area contributed by atoms with E-state index < -0.39 is 0 Å². The third kappa shape index (κ3) is 3.28. The molecule has 3 nitrogen and oxygen atoms in total. The molecule has 1 fully saturated rings. The highest BCUT2D eigenvalue weighted by Crippen LogP contribution is 2.23. The van der Waals surface area contributed by atoms with Crippen molar-refractivity contribution in [2.45, 2.75) is 32.7 Å². The Hall–Kier alpha value is -0.410. The number of likely N-dealkylation sites (N-methyl/N-ethyl adjacent to an activating group) is 1. The van der Waals surface area contributed by atoms with E-state index in [2.05, 4.69) is 37.7 Å². The topological polar surface area (TPSA) is 23.6 Å². The quantitative estimate of drug-likeness (QED) is 0.641. The third-order valence-corrected chi connectivity index (χ3v) is 3.65. The fourth-order valence-corrected chi connectivity index (χ4v) is 2.12. The van der Waals surface area contributed by atoms with E-state index in [1.807, 2.05) is 0 Å². The van der Waals surface area contributed by atoms with Gasteiger partial charge in [-0.3, -0.25) is 0 Å². The van der Waals surface area contributed by atoms with Crippen molar-refractivity contribution in [1.82, 2.24) is 9.80 Å². The Morgan fingerprint density at radius 2 is 2.20 bits per heavy atom. The summed E-state index contributed by atoms with van der Waals surface area (Å²) in [6, 6.07) is 0.665. The van der Waals surface area contributed by atoms with E-state index in [0.29, 0.717) is 6.04 Å². The smallest absolute Gasteiger partial charge is 0.127 e. The van der Waals surface area contributed by atoms with Gasteiger partial charge in [-0.15, -0.1) is 0 Å². The first-order valence-corrected chi connectivity index (χ1v) is 5.86. The largest absolute Gasteiger partial charge is 0.305 e. The number of hydrogen-bond acceptors (Lipinski definition) is 3. The molecule has 88 valence electrons. The van der Waals surface area contributed by atoms with Crippen LogP contribution in [0.3, 0.4) is 0 Å². The maximum atomic E-state index is 11.0. The Morgan fingerprint density at radius 3 is 2.60 bits per heavy atom. The molecule has 0 spiro atoms. The molecular formula is C12H24N2O. The standard InChI is InChI=1S/C12H24N2O/c1-5-12(2,10-15)9-14-7-6-11(8-14)13(3)4/h10-11H,5-9H2,1-4H3. The van der Waals surface area contributed by atoms with Gasteiger partial charge in [-0.25, -0.2) is 0 Å². The normalized spacial score (nSPS) is 26.9. The molecule has 0 aromatic rings. The van der Waals surface area contributed by atoms with Gasteiger partial charge in [-0.05, 0) is 33.5 Å². The lowest BCUT2D eigenvalue weighted by molar-refractivity contribution is -0.116. The molecule has 3 heteroatoms. The molecule has 0 aliphatic carbocycles. The van der Waals surface area contributed by atoms with Gasteiger partial charge in [0.1, 0.15) is 6.29 Å². The molecule has 2 unspecified atom stereocenters. The second-order valence-electron chi connectivity index (χ2n) is 5.27. The molecule has 0 bridgehead atoms. The molecule has 0 aromatic heterocycles. The maximum absolute atomic E-state index is 11.0. The zero-order valence-corrected chi connectivity index (χ0v) is 10.5. The van der Waals surface area contributed by atoms with Crippen LogP contribution in [0.15, 0.2) is 0 Å². The lowest BCUT2D eigenvalue weighted by Crippen LogP contribution is -2.37. The summed E-state index contributed by atoms with van der Waals surface area (Å²) in [4.78, 5) is 15.7. The van der Waals surface area contributed by atoms with E-state index in [4.69, 9.17) is 0 Å². The number of likely N-dealkylation sites (tertiary alicyclic amines) is 1. The van der Waals surface area contributed by atoms with Crippen LogP contribution in [0.4, 0.5) is 0 Å². The average molecular weight is 212 g/mol. The number of nitrogens with zero attached hydrogens (tertiary/aromatic N) is 2. The van der Waals surface area contributed by atoms with Crippen molar-refractivity contribution in [2.24, 2.45) is 5.41 Å². The predicted molar refractivity (Wildman–Crippen MR) is 63.0 cm³/mol. The van der Waals surface area contributed by atoms with Crippen LogP contribution in [0.2, 0.25) is 0 Å². The van der Waals surface area contributed by atoms with Crippen LogP contribution in [0.5, 0.6) is 0 Å². The summed E-state index contributed by atoms with van der Waals surface area (Å²) in [5.74, 6) is 0. The lowest BCUT2D eigenvalue weighted by atomic mass is 9.89. The van der Waals surface area contributed by atoms with Crippen LogP contribution < -0.4 is 0 Å². The van der Waals surface area contributed by atoms with E-state index in [-0.39, 0.29) is 5.41 Å². The Labute approximate surface area is 93.4 Å². The summed E-state index contributed by atoms with van der Waals surface area (Å²) < 4.78 is 0. The number of aldehydes is 1. The molecule has 0 N–H and O–H groups in total. The van der Waals surface area contributed by atoms with Crippen LogP contribution in [-0.2, 0) is 4.79 Å². The average Bonchev–Trinajstić information content (AvgIpc) is 2.66. The molecule has 1 heterocycles. The van der Waals surface area contributed by atoms with Crippen LogP contribution >= 0.6 is 0 Å². The fourth-order valence-electron chi connectivity index (χ4n) is 2.12. The zero-order chi connectivity index (χ0) is 11.5. The van der Waals surface area contributed by atoms with Gasteiger partial charge in [-0.1, -0.05) is 13.8 Å². The summed E-state index contributed by atoms with van der Waals surface area (Å²) in [6.07, 6.45) is 3.28. The first kappa shape index (κ1) is 12.7. The number of carbonyl (C=O) groups excluding carboxylic acids is 1. The zero-order valence-electron chi connectivity index (χ0n) is 10.5. The van der Waals surface area contributed by atoms with Gasteiger partial charge >= 0.3 is 0 Å². The molecule has 0 amide bonds. The van der Waals surface area contributed by atoms with Gasteiger partial charge in [0.15, 0.2) is 0 Å². The van der Waals surface area contributed by atoms with Crippen molar-refractivity contribution in [3.05, 3.63) is 0 Å². The lowest BCUT2D eigenvalue weighted by Gasteiger charge is -2.28. The second kappa shape index (κ2) is 5.08. The summed E-state index contributed by atoms with van der Waals surface area (Å²) in [5, 5.41) is 0. The molecule has 0 aromatic carbocycles. The highest BCUT2D eigenvalue weighted by molar-refractivity contribution is 5.58. The Kier molecular flexibility index (Phi) is 4.29. The number of carbonyl (C=O) groups is 1. The second-order valence-corrected chi connectivity index (χ2v) is 5.27. The number of hydrogen-bond donors (Lipinski definition) is 0. The van der Waals surface area contributed by atoms with Crippen LogP contribution in [0, 0.1) is 5.41 Å². The minimum absolute atomic E-state index is 0.152. The summed E-state index contributed by atoms with van der Waals surface area (Å²) >= 11 is 0. The highest BCUT2D eigenvalue weighted by Gasteiger charge is 2.30. The molecule has 1 aliphatic heterocycles. The minimum atomic E-state index is -0.152. The SMILES string of the molecule is CCC(C)(C=O)CN1CCC(N(C)C)C1. The van der Waals surface area contributed by atoms with E-state index in [1.54, 1.807) is 0 Å². The first-order chi connectivity index (χ1) is 7.00. The van der Waals surface area contributed by atoms with E-state index in [0.717, 1.165) is 32.3 Å². The number of rotatable bonds is 5. The van der Waals surface area contributed by atoms with E-state index >= 15 is 0 Å². The van der Waals surface area contributed by atoms with Crippen molar-refractivity contribution in [1.29, 1.82) is 0 Å². The van der Waals surface area contributed by atoms with Crippen molar-refractivity contribution >= 4 is 6.29 Å². The first-order valence-electron chi connectivity index (χ1n) is 5.86. The maximum Gasteiger partial charge on any atom is 0.127 e. The Morgan fingerprint density at radius 1 is 1.53 bits per heavy atom. The molecule has 0 saturated carbocycles. The monoisotopic (exact) mass is 212 g/mol. The Bertz CT molecular complexity index is 218. The molecule has 0 radical (unpaired) electrons. The molecule has 15 heavy (non-hydrogen) atoms. The van der Waals surface area contributed by atoms with Gasteiger partial charge < -0.3 is 14.6 Å². The van der Waals surface area contributed by atoms with Crippen molar-refractivity contribution in [3.8, 4) is 0 Å². The summed E-state index contributed by atoms with van der Waals surface area (Å²) in [6.45, 7) is 7.30. The molecular weight excluding hydrogens is 188 g/mol. The van der Waals surface area contributed by atoms with Gasteiger partial charge in [0.2, 0.25) is 0 Å². The molecule has 1 rings (SSSR count). The molecule has 1 aliphatic rings. The van der Waals surface area contributed by atoms with Crippen molar-refractivity contribution in [2.75, 3.05) is 33.7 Å². The summed E-state index contributed by atoms with van der Waals surface area (Å²) in [5.41, 5.74) is -0.152. The molecule has 2 atom stereocenters. The van der Waals surface area contributed by atoms with Gasteiger partial charge in [-0.2, -0.15) is 0 Å². The fraction of sp³-hybridized carbons (Fsp3) is 0.917. The van der Waals surface area contributed by atoms with Gasteiger partial charge in [0, 0.05) is 24.5 Å². The third-order valence-electron chi connectivity index (χ3n) is 3.65. The van der Waals surface area contributed by atoms with E-state index in [9.17, 15) is 4.79 Å². The van der Waals surface area contributed by atoms with Gasteiger partial charge in [0.05, 0.1) is 0 Å². The summed E-state index contributed by atoms with van der Waals surface area (Å²) in [7, 11) is 4.26. The van der Waals surface area contributed by atoms with Crippen molar-refractivity contribution < 1.29 is 4.79 Å². The van der Waals surface area contributed by atoms with Crippen LogP contribution in [-0.4, -0.2) is 55.9 Å². The van der Waals surface area contributed by atoms with E-state index in [1.165, 1.54) is 6.42 Å². The Balaban J connectivity index is 2.45.